The molecule has 0 radical (unpaired) electrons. The Hall–Kier alpha value is -4.13. The average molecular weight is 472 g/mol. The standard InChI is InChI=1S/C28H25NO6/c1-3-13-5-4-12(2)17(8-13)16-6-7-19(30)23-18(16)10-14-9-15-11-20(31)24(28(29)35)27(34)22(15)25(32)21(14)26(23)33/h3-8,14-15,22,30-32H,1,9-11H2,2H3,(H2,29,35)/t14-,15+,22?/m1/s1. The van der Waals surface area contributed by atoms with E-state index in [2.05, 4.69) is 6.58 Å². The lowest BCUT2D eigenvalue weighted by molar-refractivity contribution is -0.126. The Balaban J connectivity index is 1.67. The van der Waals surface area contributed by atoms with Gasteiger partial charge in [-0.1, -0.05) is 30.9 Å². The van der Waals surface area contributed by atoms with E-state index in [4.69, 9.17) is 5.73 Å². The quantitative estimate of drug-likeness (QED) is 0.498. The van der Waals surface area contributed by atoms with Crippen LogP contribution in [0.5, 0.6) is 5.75 Å². The minimum absolute atomic E-state index is 0.0109. The van der Waals surface area contributed by atoms with Gasteiger partial charge in [-0.15, -0.1) is 0 Å². The lowest BCUT2D eigenvalue weighted by Gasteiger charge is -2.41. The molecule has 0 aliphatic heterocycles. The first-order valence-electron chi connectivity index (χ1n) is 11.5. The van der Waals surface area contributed by atoms with Gasteiger partial charge < -0.3 is 21.1 Å². The summed E-state index contributed by atoms with van der Waals surface area (Å²) in [6.45, 7) is 5.80. The lowest BCUT2D eigenvalue weighted by Crippen LogP contribution is -2.43. The Kier molecular flexibility index (Phi) is 5.16. The van der Waals surface area contributed by atoms with E-state index in [1.54, 1.807) is 12.1 Å². The van der Waals surface area contributed by atoms with E-state index >= 15 is 0 Å². The van der Waals surface area contributed by atoms with Gasteiger partial charge in [-0.05, 0) is 71.6 Å². The predicted molar refractivity (Wildman–Crippen MR) is 130 cm³/mol. The average Bonchev–Trinajstić information content (AvgIpc) is 2.79. The number of benzene rings is 2. The summed E-state index contributed by atoms with van der Waals surface area (Å²) in [5.41, 5.74) is 9.27. The van der Waals surface area contributed by atoms with Crippen molar-refractivity contribution in [1.82, 2.24) is 0 Å². The van der Waals surface area contributed by atoms with Crippen LogP contribution < -0.4 is 5.73 Å². The summed E-state index contributed by atoms with van der Waals surface area (Å²) in [5.74, 6) is -5.34. The lowest BCUT2D eigenvalue weighted by atomic mass is 9.62. The van der Waals surface area contributed by atoms with E-state index < -0.39 is 46.6 Å². The molecule has 0 aromatic heterocycles. The van der Waals surface area contributed by atoms with Crippen LogP contribution in [0, 0.1) is 24.7 Å². The molecule has 3 aliphatic rings. The Labute approximate surface area is 201 Å². The number of carbonyl (C=O) groups is 3. The largest absolute Gasteiger partial charge is 0.511 e. The number of aromatic hydroxyl groups is 1. The van der Waals surface area contributed by atoms with Gasteiger partial charge in [-0.3, -0.25) is 14.4 Å². The molecule has 0 saturated heterocycles. The third-order valence-electron chi connectivity index (χ3n) is 7.56. The smallest absolute Gasteiger partial charge is 0.255 e. The van der Waals surface area contributed by atoms with Crippen molar-refractivity contribution < 1.29 is 29.7 Å². The van der Waals surface area contributed by atoms with E-state index in [-0.39, 0.29) is 29.1 Å². The van der Waals surface area contributed by atoms with Crippen LogP contribution >= 0.6 is 0 Å². The fraction of sp³-hybridized carbons (Fsp3) is 0.250. The predicted octanol–water partition coefficient (Wildman–Crippen LogP) is 4.08. The highest BCUT2D eigenvalue weighted by molar-refractivity contribution is 6.22. The summed E-state index contributed by atoms with van der Waals surface area (Å²) in [4.78, 5) is 38.4. The summed E-state index contributed by atoms with van der Waals surface area (Å²) >= 11 is 0. The molecule has 0 saturated carbocycles. The molecule has 5 rings (SSSR count). The number of fused-ring (bicyclic) bond motifs is 3. The maximum Gasteiger partial charge on any atom is 0.255 e. The molecule has 7 nitrogen and oxygen atoms in total. The molecule has 2 aromatic carbocycles. The third-order valence-corrected chi connectivity index (χ3v) is 7.56. The van der Waals surface area contributed by atoms with Gasteiger partial charge in [0.05, 0.1) is 11.5 Å². The molecule has 0 heterocycles. The van der Waals surface area contributed by atoms with Gasteiger partial charge >= 0.3 is 0 Å². The Bertz CT molecular complexity index is 1410. The molecule has 7 heteroatoms. The van der Waals surface area contributed by atoms with Crippen LogP contribution in [0.15, 0.2) is 59.6 Å². The number of allylic oxidation sites excluding steroid dienone is 3. The highest BCUT2D eigenvalue weighted by Crippen LogP contribution is 2.50. The highest BCUT2D eigenvalue weighted by Gasteiger charge is 2.50. The fourth-order valence-corrected chi connectivity index (χ4v) is 5.95. The first-order valence-corrected chi connectivity index (χ1v) is 11.5. The molecule has 0 spiro atoms. The number of aliphatic hydroxyl groups excluding tert-OH is 2. The second-order valence-electron chi connectivity index (χ2n) is 9.52. The molecular formula is C28H25NO6. The monoisotopic (exact) mass is 471 g/mol. The zero-order valence-electron chi connectivity index (χ0n) is 19.2. The molecule has 0 bridgehead atoms. The van der Waals surface area contributed by atoms with Gasteiger partial charge in [-0.25, -0.2) is 0 Å². The third kappa shape index (κ3) is 3.30. The molecule has 5 N–H and O–H groups in total. The zero-order valence-corrected chi connectivity index (χ0v) is 19.2. The number of phenolic OH excluding ortho intramolecular Hbond substituents is 1. The molecule has 2 aromatic rings. The summed E-state index contributed by atoms with van der Waals surface area (Å²) in [5, 5.41) is 32.1. The van der Waals surface area contributed by atoms with Crippen molar-refractivity contribution in [2.75, 3.05) is 0 Å². The van der Waals surface area contributed by atoms with Gasteiger partial charge in [0.2, 0.25) is 0 Å². The van der Waals surface area contributed by atoms with Gasteiger partial charge in [0.15, 0.2) is 11.6 Å². The Morgan fingerprint density at radius 1 is 1.09 bits per heavy atom. The summed E-state index contributed by atoms with van der Waals surface area (Å²) in [7, 11) is 0. The van der Waals surface area contributed by atoms with Crippen LogP contribution in [0.25, 0.3) is 17.2 Å². The molecule has 0 fully saturated rings. The number of Topliss-reactive ketones (excluding diaryl/α,β-unsaturated/α-hetero) is 2. The molecular weight excluding hydrogens is 446 g/mol. The van der Waals surface area contributed by atoms with Crippen molar-refractivity contribution in [1.29, 1.82) is 0 Å². The van der Waals surface area contributed by atoms with Crippen LogP contribution in [-0.4, -0.2) is 32.8 Å². The maximum absolute atomic E-state index is 13.7. The number of carbonyl (C=O) groups excluding carboxylic acids is 3. The maximum atomic E-state index is 13.7. The van der Waals surface area contributed by atoms with Crippen LogP contribution in [-0.2, 0) is 16.0 Å². The van der Waals surface area contributed by atoms with Crippen LogP contribution in [0.2, 0.25) is 0 Å². The molecule has 1 unspecified atom stereocenters. The topological polar surface area (TPSA) is 138 Å². The van der Waals surface area contributed by atoms with E-state index in [1.165, 1.54) is 6.07 Å². The van der Waals surface area contributed by atoms with Gasteiger partial charge in [-0.2, -0.15) is 0 Å². The molecule has 3 aliphatic carbocycles. The van der Waals surface area contributed by atoms with E-state index in [9.17, 15) is 29.7 Å². The van der Waals surface area contributed by atoms with Crippen molar-refractivity contribution in [2.45, 2.75) is 26.2 Å². The minimum Gasteiger partial charge on any atom is -0.511 e. The second kappa shape index (κ2) is 7.98. The number of nitrogens with two attached hydrogens (primary N) is 1. The number of ketones is 2. The molecule has 3 atom stereocenters. The first kappa shape index (κ1) is 22.7. The van der Waals surface area contributed by atoms with Gasteiger partial charge in [0, 0.05) is 12.0 Å². The van der Waals surface area contributed by atoms with Crippen molar-refractivity contribution in [3.05, 3.63) is 81.8 Å². The number of primary amides is 1. The van der Waals surface area contributed by atoms with Crippen molar-refractivity contribution in [3.63, 3.8) is 0 Å². The van der Waals surface area contributed by atoms with Gasteiger partial charge in [0.1, 0.15) is 22.8 Å². The normalized spacial score (nSPS) is 23.5. The zero-order chi connectivity index (χ0) is 25.2. The molecule has 35 heavy (non-hydrogen) atoms. The number of hydrogen-bond acceptors (Lipinski definition) is 6. The number of hydrogen-bond donors (Lipinski definition) is 4. The van der Waals surface area contributed by atoms with Crippen molar-refractivity contribution >= 4 is 23.5 Å². The minimum atomic E-state index is -1.12. The van der Waals surface area contributed by atoms with Crippen molar-refractivity contribution in [2.24, 2.45) is 23.5 Å². The Morgan fingerprint density at radius 2 is 1.83 bits per heavy atom. The van der Waals surface area contributed by atoms with E-state index in [1.807, 2.05) is 25.1 Å². The number of rotatable bonds is 3. The van der Waals surface area contributed by atoms with Crippen molar-refractivity contribution in [3.8, 4) is 16.9 Å². The summed E-state index contributed by atoms with van der Waals surface area (Å²) in [6, 6.07) is 9.15. The first-order chi connectivity index (χ1) is 16.6. The van der Waals surface area contributed by atoms with Gasteiger partial charge in [0.25, 0.3) is 5.91 Å². The second-order valence-corrected chi connectivity index (χ2v) is 9.52. The number of aryl methyl sites for hydroxylation is 1. The van der Waals surface area contributed by atoms with E-state index in [0.29, 0.717) is 18.4 Å². The molecule has 178 valence electrons. The highest BCUT2D eigenvalue weighted by atomic mass is 16.3. The number of amides is 1. The van der Waals surface area contributed by atoms with Crippen LogP contribution in [0.3, 0.4) is 0 Å². The fourth-order valence-electron chi connectivity index (χ4n) is 5.95. The summed E-state index contributed by atoms with van der Waals surface area (Å²) in [6.07, 6.45) is 2.48. The van der Waals surface area contributed by atoms with E-state index in [0.717, 1.165) is 22.3 Å². The number of phenols is 1. The summed E-state index contributed by atoms with van der Waals surface area (Å²) < 4.78 is 0. The van der Waals surface area contributed by atoms with Crippen LogP contribution in [0.1, 0.15) is 39.9 Å². The SMILES string of the molecule is C=Cc1ccc(C)c(-c2ccc(O)c3c2C[C@H]2C[C@H]4CC(O)=C(C(N)=O)C(=O)C4C(O)=C2C3=O)c1. The molecule has 1 amide bonds. The van der Waals surface area contributed by atoms with Crippen LogP contribution in [0.4, 0.5) is 0 Å². The number of aliphatic hydroxyl groups is 2. The Morgan fingerprint density at radius 3 is 2.51 bits per heavy atom.